The highest BCUT2D eigenvalue weighted by Crippen LogP contribution is 2.20. The van der Waals surface area contributed by atoms with Crippen LogP contribution in [0, 0.1) is 0 Å². The molecule has 0 amide bonds. The van der Waals surface area contributed by atoms with Crippen molar-refractivity contribution in [1.82, 2.24) is 9.62 Å². The minimum absolute atomic E-state index is 0.240. The first kappa shape index (κ1) is 20.4. The largest absolute Gasteiger partial charge is 0.373 e. The molecule has 0 spiro atoms. The Morgan fingerprint density at radius 3 is 2.36 bits per heavy atom. The Bertz CT molecular complexity index is 621. The highest BCUT2D eigenvalue weighted by Gasteiger charge is 2.21. The molecule has 1 saturated heterocycles. The predicted molar refractivity (Wildman–Crippen MR) is 101 cm³/mol. The summed E-state index contributed by atoms with van der Waals surface area (Å²) < 4.78 is 33.2. The number of sulfonamides is 1. The fourth-order valence-corrected chi connectivity index (χ4v) is 4.34. The lowest BCUT2D eigenvalue weighted by Gasteiger charge is -2.35. The molecule has 0 aromatic heterocycles. The lowest BCUT2D eigenvalue weighted by Crippen LogP contribution is -2.46. The molecule has 1 aliphatic rings. The molecule has 1 aromatic rings. The Morgan fingerprint density at radius 2 is 1.80 bits per heavy atom. The van der Waals surface area contributed by atoms with Crippen molar-refractivity contribution < 1.29 is 13.2 Å². The van der Waals surface area contributed by atoms with Crippen LogP contribution >= 0.6 is 0 Å². The first-order chi connectivity index (χ1) is 11.8. The molecule has 1 fully saturated rings. The summed E-state index contributed by atoms with van der Waals surface area (Å²) in [6, 6.07) is 7.24. The van der Waals surface area contributed by atoms with E-state index in [4.69, 9.17) is 4.74 Å². The number of rotatable bonds is 8. The molecule has 1 heterocycles. The lowest BCUT2D eigenvalue weighted by molar-refractivity contribution is -0.0679. The van der Waals surface area contributed by atoms with Crippen LogP contribution in [0.2, 0.25) is 0 Å². The molecule has 142 valence electrons. The predicted octanol–water partition coefficient (Wildman–Crippen LogP) is 2.98. The van der Waals surface area contributed by atoms with Crippen molar-refractivity contribution in [3.63, 3.8) is 0 Å². The van der Waals surface area contributed by atoms with Gasteiger partial charge in [-0.1, -0.05) is 26.0 Å². The smallest absolute Gasteiger partial charge is 0.240 e. The van der Waals surface area contributed by atoms with E-state index in [9.17, 15) is 8.42 Å². The van der Waals surface area contributed by atoms with Crippen molar-refractivity contribution in [3.05, 3.63) is 29.8 Å². The van der Waals surface area contributed by atoms with Gasteiger partial charge in [0, 0.05) is 19.6 Å². The first-order valence-corrected chi connectivity index (χ1v) is 10.8. The average molecular weight is 369 g/mol. The van der Waals surface area contributed by atoms with E-state index in [1.807, 2.05) is 12.1 Å². The maximum atomic E-state index is 12.4. The zero-order valence-electron chi connectivity index (χ0n) is 15.9. The molecular formula is C19H32N2O3S. The van der Waals surface area contributed by atoms with Crippen LogP contribution in [-0.4, -0.2) is 51.7 Å². The quantitative estimate of drug-likeness (QED) is 0.717. The molecule has 2 rings (SSSR count). The van der Waals surface area contributed by atoms with E-state index >= 15 is 0 Å². The van der Waals surface area contributed by atoms with Gasteiger partial charge < -0.3 is 4.74 Å². The fraction of sp³-hybridized carbons (Fsp3) is 0.684. The Balaban J connectivity index is 1.81. The van der Waals surface area contributed by atoms with Crippen LogP contribution in [0.15, 0.2) is 29.2 Å². The normalized spacial score (nSPS) is 23.5. The molecule has 3 atom stereocenters. The van der Waals surface area contributed by atoms with E-state index in [0.717, 1.165) is 32.5 Å². The van der Waals surface area contributed by atoms with Gasteiger partial charge in [-0.25, -0.2) is 13.1 Å². The van der Waals surface area contributed by atoms with Crippen molar-refractivity contribution in [3.8, 4) is 0 Å². The second kappa shape index (κ2) is 9.12. The number of hydrogen-bond donors (Lipinski definition) is 1. The summed E-state index contributed by atoms with van der Waals surface area (Å²) in [6.07, 6.45) is 2.32. The monoisotopic (exact) mass is 368 g/mol. The van der Waals surface area contributed by atoms with E-state index in [1.165, 1.54) is 5.56 Å². The third-order valence-electron chi connectivity index (χ3n) is 4.81. The van der Waals surface area contributed by atoms with Gasteiger partial charge in [0.05, 0.1) is 17.1 Å². The summed E-state index contributed by atoms with van der Waals surface area (Å²) in [5, 5.41) is 0. The van der Waals surface area contributed by atoms with Crippen LogP contribution in [0.4, 0.5) is 0 Å². The molecule has 5 nitrogen and oxygen atoms in total. The minimum Gasteiger partial charge on any atom is -0.373 e. The van der Waals surface area contributed by atoms with Gasteiger partial charge in [-0.05, 0) is 56.8 Å². The molecular weight excluding hydrogens is 336 g/mol. The van der Waals surface area contributed by atoms with E-state index < -0.39 is 10.0 Å². The molecule has 0 saturated carbocycles. The van der Waals surface area contributed by atoms with E-state index in [2.05, 4.69) is 37.3 Å². The number of nitrogens with one attached hydrogen (secondary N) is 1. The molecule has 25 heavy (non-hydrogen) atoms. The highest BCUT2D eigenvalue weighted by atomic mass is 32.2. The molecule has 1 aromatic carbocycles. The average Bonchev–Trinajstić information content (AvgIpc) is 2.57. The zero-order valence-corrected chi connectivity index (χ0v) is 16.7. The maximum absolute atomic E-state index is 12.4. The van der Waals surface area contributed by atoms with Gasteiger partial charge in [0.1, 0.15) is 0 Å². The summed E-state index contributed by atoms with van der Waals surface area (Å²) in [5.74, 6) is 0.447. The van der Waals surface area contributed by atoms with E-state index in [-0.39, 0.29) is 12.2 Å². The summed E-state index contributed by atoms with van der Waals surface area (Å²) in [7, 11) is -3.43. The number of benzene rings is 1. The summed E-state index contributed by atoms with van der Waals surface area (Å²) >= 11 is 0. The van der Waals surface area contributed by atoms with Gasteiger partial charge in [-0.2, -0.15) is 0 Å². The fourth-order valence-electron chi connectivity index (χ4n) is 3.27. The summed E-state index contributed by atoms with van der Waals surface area (Å²) in [6.45, 7) is 11.6. The van der Waals surface area contributed by atoms with Crippen LogP contribution in [0.5, 0.6) is 0 Å². The molecule has 1 aliphatic heterocycles. The number of morpholine rings is 1. The van der Waals surface area contributed by atoms with Crippen molar-refractivity contribution in [2.75, 3.05) is 26.2 Å². The first-order valence-electron chi connectivity index (χ1n) is 9.29. The zero-order chi connectivity index (χ0) is 18.4. The van der Waals surface area contributed by atoms with Gasteiger partial charge in [-0.3, -0.25) is 4.90 Å². The van der Waals surface area contributed by atoms with Gasteiger partial charge in [0.2, 0.25) is 10.0 Å². The molecule has 0 aliphatic carbocycles. The molecule has 6 heteroatoms. The van der Waals surface area contributed by atoms with E-state index in [0.29, 0.717) is 17.4 Å². The van der Waals surface area contributed by atoms with Crippen LogP contribution in [0.1, 0.15) is 52.0 Å². The Kier molecular flexibility index (Phi) is 7.43. The van der Waals surface area contributed by atoms with Crippen molar-refractivity contribution in [1.29, 1.82) is 0 Å². The van der Waals surface area contributed by atoms with Gasteiger partial charge in [0.15, 0.2) is 0 Å². The third-order valence-corrected chi connectivity index (χ3v) is 6.29. The van der Waals surface area contributed by atoms with E-state index in [1.54, 1.807) is 12.1 Å². The Morgan fingerprint density at radius 1 is 1.20 bits per heavy atom. The van der Waals surface area contributed by atoms with Gasteiger partial charge in [-0.15, -0.1) is 0 Å². The maximum Gasteiger partial charge on any atom is 0.240 e. The summed E-state index contributed by atoms with van der Waals surface area (Å²) in [5.41, 5.74) is 1.18. The lowest BCUT2D eigenvalue weighted by atomic mass is 9.99. The van der Waals surface area contributed by atoms with Crippen molar-refractivity contribution in [2.24, 2.45) is 0 Å². The van der Waals surface area contributed by atoms with Crippen LogP contribution in [0.25, 0.3) is 0 Å². The highest BCUT2D eigenvalue weighted by molar-refractivity contribution is 7.89. The third kappa shape index (κ3) is 6.06. The number of hydrogen-bond acceptors (Lipinski definition) is 4. The molecule has 1 N–H and O–H groups in total. The van der Waals surface area contributed by atoms with Gasteiger partial charge >= 0.3 is 0 Å². The SMILES string of the molecule is CCC(C)c1ccc(S(=O)(=O)NCCCN2CC(C)OC(C)C2)cc1. The molecule has 0 bridgehead atoms. The topological polar surface area (TPSA) is 58.6 Å². The Labute approximate surface area is 152 Å². The standard InChI is InChI=1S/C19H32N2O3S/c1-5-15(2)18-7-9-19(10-8-18)25(22,23)20-11-6-12-21-13-16(3)24-17(4)14-21/h7-10,15-17,20H,5-6,11-14H2,1-4H3. The van der Waals surface area contributed by atoms with Crippen LogP contribution in [0.3, 0.4) is 0 Å². The summed E-state index contributed by atoms with van der Waals surface area (Å²) in [4.78, 5) is 2.68. The molecule has 0 radical (unpaired) electrons. The number of ether oxygens (including phenoxy) is 1. The molecule has 3 unspecified atom stereocenters. The van der Waals surface area contributed by atoms with Crippen LogP contribution in [-0.2, 0) is 14.8 Å². The Hall–Kier alpha value is -0.950. The van der Waals surface area contributed by atoms with Crippen molar-refractivity contribution >= 4 is 10.0 Å². The second-order valence-electron chi connectivity index (χ2n) is 7.15. The number of nitrogens with zero attached hydrogens (tertiary/aromatic N) is 1. The van der Waals surface area contributed by atoms with Crippen LogP contribution < -0.4 is 4.72 Å². The minimum atomic E-state index is -3.43. The van der Waals surface area contributed by atoms with Crippen molar-refractivity contribution in [2.45, 2.75) is 63.6 Å². The second-order valence-corrected chi connectivity index (χ2v) is 8.91. The van der Waals surface area contributed by atoms with Gasteiger partial charge in [0.25, 0.3) is 0 Å².